The smallest absolute Gasteiger partial charge is 0.410 e. The first-order valence-electron chi connectivity index (χ1n) is 10.9. The van der Waals surface area contributed by atoms with Crippen LogP contribution in [0.25, 0.3) is 0 Å². The van der Waals surface area contributed by atoms with Crippen molar-refractivity contribution in [1.29, 1.82) is 0 Å². The number of benzene rings is 2. The summed E-state index contributed by atoms with van der Waals surface area (Å²) in [5, 5.41) is 0. The zero-order valence-electron chi connectivity index (χ0n) is 17.8. The van der Waals surface area contributed by atoms with Crippen molar-refractivity contribution in [2.24, 2.45) is 0 Å². The number of fused-ring (bicyclic) bond motifs is 3. The van der Waals surface area contributed by atoms with E-state index in [0.29, 0.717) is 24.1 Å². The van der Waals surface area contributed by atoms with Gasteiger partial charge in [0.1, 0.15) is 5.75 Å². The molecule has 0 radical (unpaired) electrons. The van der Waals surface area contributed by atoms with Crippen LogP contribution in [0.5, 0.6) is 5.75 Å². The second kappa shape index (κ2) is 9.00. The summed E-state index contributed by atoms with van der Waals surface area (Å²) in [5.41, 5.74) is 3.33. The van der Waals surface area contributed by atoms with Gasteiger partial charge in [0.25, 0.3) is 0 Å². The molecular formula is C25H30N2O3. The van der Waals surface area contributed by atoms with Gasteiger partial charge in [-0.3, -0.25) is 9.69 Å². The Bertz CT molecular complexity index is 910. The molecule has 2 aromatic rings. The largest absolute Gasteiger partial charge is 0.414 e. The van der Waals surface area contributed by atoms with Crippen molar-refractivity contribution in [3.05, 3.63) is 65.2 Å². The number of ketones is 1. The van der Waals surface area contributed by atoms with E-state index in [4.69, 9.17) is 4.74 Å². The molecule has 2 aromatic carbocycles. The fourth-order valence-electron chi connectivity index (χ4n) is 4.92. The lowest BCUT2D eigenvalue weighted by Gasteiger charge is -2.34. The first-order chi connectivity index (χ1) is 14.5. The molecule has 1 fully saturated rings. The van der Waals surface area contributed by atoms with Gasteiger partial charge in [-0.05, 0) is 56.0 Å². The third-order valence-electron chi connectivity index (χ3n) is 6.43. The van der Waals surface area contributed by atoms with Gasteiger partial charge >= 0.3 is 6.09 Å². The zero-order chi connectivity index (χ0) is 21.1. The predicted octanol–water partition coefficient (Wildman–Crippen LogP) is 4.51. The summed E-state index contributed by atoms with van der Waals surface area (Å²) in [6, 6.07) is 16.2. The van der Waals surface area contributed by atoms with Crippen LogP contribution >= 0.6 is 0 Å². The summed E-state index contributed by atoms with van der Waals surface area (Å²) in [6.45, 7) is 2.03. The molecule has 1 aliphatic carbocycles. The number of carbonyl (C=O) groups is 2. The fourth-order valence-corrected chi connectivity index (χ4v) is 4.92. The molecule has 5 nitrogen and oxygen atoms in total. The average Bonchev–Trinajstić information content (AvgIpc) is 3.18. The van der Waals surface area contributed by atoms with Gasteiger partial charge in [0.2, 0.25) is 0 Å². The van der Waals surface area contributed by atoms with Gasteiger partial charge in [-0.2, -0.15) is 0 Å². The van der Waals surface area contributed by atoms with E-state index in [1.54, 1.807) is 14.1 Å². The number of hydrogen-bond acceptors (Lipinski definition) is 4. The van der Waals surface area contributed by atoms with Crippen molar-refractivity contribution < 1.29 is 14.3 Å². The van der Waals surface area contributed by atoms with E-state index in [0.717, 1.165) is 44.3 Å². The van der Waals surface area contributed by atoms with Crippen LogP contribution in [0.15, 0.2) is 48.5 Å². The minimum absolute atomic E-state index is 0.229. The lowest BCUT2D eigenvalue weighted by atomic mass is 9.79. The number of Topliss-reactive ketones (excluding diaryl/α,β-unsaturated/α-hetero) is 1. The highest BCUT2D eigenvalue weighted by molar-refractivity contribution is 5.95. The SMILES string of the molecule is CN(C)C(=O)Oc1cccc2c1CC[C@H]1[C@@H]2CCN1CCCC(=O)c1ccccc1. The molecule has 0 aromatic heterocycles. The maximum absolute atomic E-state index is 12.4. The zero-order valence-corrected chi connectivity index (χ0v) is 17.8. The molecule has 0 unspecified atom stereocenters. The van der Waals surface area contributed by atoms with Crippen molar-refractivity contribution in [3.8, 4) is 5.75 Å². The van der Waals surface area contributed by atoms with E-state index >= 15 is 0 Å². The molecule has 5 heteroatoms. The molecule has 2 aliphatic rings. The van der Waals surface area contributed by atoms with Gasteiger partial charge in [0.15, 0.2) is 5.78 Å². The molecule has 1 saturated heterocycles. The monoisotopic (exact) mass is 406 g/mol. The number of amides is 1. The third-order valence-corrected chi connectivity index (χ3v) is 6.43. The summed E-state index contributed by atoms with van der Waals surface area (Å²) in [4.78, 5) is 28.4. The average molecular weight is 407 g/mol. The summed E-state index contributed by atoms with van der Waals surface area (Å²) < 4.78 is 5.62. The number of ether oxygens (including phenoxy) is 1. The molecule has 2 atom stereocenters. The van der Waals surface area contributed by atoms with Crippen LogP contribution in [-0.4, -0.2) is 54.9 Å². The maximum Gasteiger partial charge on any atom is 0.414 e. The number of rotatable bonds is 6. The molecule has 0 N–H and O–H groups in total. The highest BCUT2D eigenvalue weighted by Crippen LogP contribution is 2.44. The highest BCUT2D eigenvalue weighted by Gasteiger charge is 2.39. The second-order valence-corrected chi connectivity index (χ2v) is 8.52. The van der Waals surface area contributed by atoms with Gasteiger partial charge in [0, 0.05) is 38.0 Å². The van der Waals surface area contributed by atoms with Crippen LogP contribution in [0.1, 0.15) is 53.1 Å². The van der Waals surface area contributed by atoms with Gasteiger partial charge in [-0.15, -0.1) is 0 Å². The number of carbonyl (C=O) groups excluding carboxylic acids is 2. The first kappa shape index (κ1) is 20.6. The molecule has 1 aliphatic heterocycles. The van der Waals surface area contributed by atoms with Crippen LogP contribution in [0, 0.1) is 0 Å². The molecule has 0 spiro atoms. The standard InChI is InChI=1S/C25H30N2O3/c1-26(2)25(29)30-24-12-6-10-19-20-15-17-27(22(20)14-13-21(19)24)16-7-11-23(28)18-8-4-3-5-9-18/h3-6,8-10,12,20,22H,7,11,13-17H2,1-2H3/t20-,22+/m1/s1. The van der Waals surface area contributed by atoms with E-state index in [2.05, 4.69) is 11.0 Å². The van der Waals surface area contributed by atoms with E-state index in [1.807, 2.05) is 42.5 Å². The Hall–Kier alpha value is -2.66. The van der Waals surface area contributed by atoms with E-state index in [9.17, 15) is 9.59 Å². The van der Waals surface area contributed by atoms with Crippen LogP contribution < -0.4 is 4.74 Å². The molecule has 1 heterocycles. The number of nitrogens with zero attached hydrogens (tertiary/aromatic N) is 2. The van der Waals surface area contributed by atoms with Crippen molar-refractivity contribution >= 4 is 11.9 Å². The van der Waals surface area contributed by atoms with Gasteiger partial charge in [-0.1, -0.05) is 42.5 Å². The fraction of sp³-hybridized carbons (Fsp3) is 0.440. The Morgan fingerprint density at radius 3 is 2.63 bits per heavy atom. The van der Waals surface area contributed by atoms with Crippen molar-refractivity contribution in [2.45, 2.75) is 44.1 Å². The van der Waals surface area contributed by atoms with Crippen molar-refractivity contribution in [1.82, 2.24) is 9.80 Å². The van der Waals surface area contributed by atoms with E-state index < -0.39 is 0 Å². The maximum atomic E-state index is 12.4. The van der Waals surface area contributed by atoms with Crippen LogP contribution in [0.2, 0.25) is 0 Å². The van der Waals surface area contributed by atoms with Gasteiger partial charge in [0.05, 0.1) is 0 Å². The summed E-state index contributed by atoms with van der Waals surface area (Å²) in [5.74, 6) is 1.42. The predicted molar refractivity (Wildman–Crippen MR) is 117 cm³/mol. The van der Waals surface area contributed by atoms with Crippen LogP contribution in [-0.2, 0) is 6.42 Å². The minimum Gasteiger partial charge on any atom is -0.410 e. The highest BCUT2D eigenvalue weighted by atomic mass is 16.6. The van der Waals surface area contributed by atoms with Gasteiger partial charge < -0.3 is 9.64 Å². The first-order valence-corrected chi connectivity index (χ1v) is 10.9. The third kappa shape index (κ3) is 4.26. The van der Waals surface area contributed by atoms with E-state index in [1.165, 1.54) is 16.0 Å². The van der Waals surface area contributed by atoms with Crippen molar-refractivity contribution in [2.75, 3.05) is 27.2 Å². The Balaban J connectivity index is 1.38. The molecule has 158 valence electrons. The Morgan fingerprint density at radius 2 is 1.87 bits per heavy atom. The molecule has 1 amide bonds. The van der Waals surface area contributed by atoms with Crippen LogP contribution in [0.4, 0.5) is 4.79 Å². The Kier molecular flexibility index (Phi) is 6.18. The lowest BCUT2D eigenvalue weighted by Crippen LogP contribution is -2.36. The minimum atomic E-state index is -0.332. The Morgan fingerprint density at radius 1 is 1.07 bits per heavy atom. The van der Waals surface area contributed by atoms with Crippen molar-refractivity contribution in [3.63, 3.8) is 0 Å². The summed E-state index contributed by atoms with van der Waals surface area (Å²) >= 11 is 0. The molecule has 0 bridgehead atoms. The Labute approximate surface area is 178 Å². The second-order valence-electron chi connectivity index (χ2n) is 8.52. The number of likely N-dealkylation sites (tertiary alicyclic amines) is 1. The molecule has 30 heavy (non-hydrogen) atoms. The summed E-state index contributed by atoms with van der Waals surface area (Å²) in [6.07, 6.45) is 4.27. The molecular weight excluding hydrogens is 376 g/mol. The van der Waals surface area contributed by atoms with E-state index in [-0.39, 0.29) is 11.9 Å². The summed E-state index contributed by atoms with van der Waals surface area (Å²) in [7, 11) is 3.40. The van der Waals surface area contributed by atoms with Gasteiger partial charge in [-0.25, -0.2) is 4.79 Å². The normalized spacial score (nSPS) is 20.3. The lowest BCUT2D eigenvalue weighted by molar-refractivity contribution is 0.0972. The number of hydrogen-bond donors (Lipinski definition) is 0. The molecule has 0 saturated carbocycles. The van der Waals surface area contributed by atoms with Crippen LogP contribution in [0.3, 0.4) is 0 Å². The topological polar surface area (TPSA) is 49.9 Å². The quantitative estimate of drug-likeness (QED) is 0.662. The molecule has 4 rings (SSSR count).